The molecular formula is C20H14Cl2F3N5S. The Hall–Kier alpha value is -2.49. The first kappa shape index (κ1) is 21.7. The number of alkyl halides is 3. The summed E-state index contributed by atoms with van der Waals surface area (Å²) >= 11 is 13.4. The summed E-state index contributed by atoms with van der Waals surface area (Å²) in [7, 11) is 1.43. The molecule has 11 heteroatoms. The average molecular weight is 484 g/mol. The predicted octanol–water partition coefficient (Wildman–Crippen LogP) is 6.29. The lowest BCUT2D eigenvalue weighted by Crippen LogP contribution is -2.09. The molecular weight excluding hydrogens is 470 g/mol. The van der Waals surface area contributed by atoms with E-state index >= 15 is 0 Å². The van der Waals surface area contributed by atoms with Gasteiger partial charge in [-0.15, -0.1) is 10.2 Å². The molecule has 2 aromatic carbocycles. The van der Waals surface area contributed by atoms with Gasteiger partial charge in [0.2, 0.25) is 0 Å². The van der Waals surface area contributed by atoms with Crippen molar-refractivity contribution in [1.29, 1.82) is 0 Å². The van der Waals surface area contributed by atoms with Gasteiger partial charge in [-0.25, -0.2) is 0 Å². The molecule has 31 heavy (non-hydrogen) atoms. The summed E-state index contributed by atoms with van der Waals surface area (Å²) in [5, 5.41) is 13.2. The summed E-state index contributed by atoms with van der Waals surface area (Å²) in [5.74, 6) is 0.532. The number of rotatable bonds is 5. The first-order chi connectivity index (χ1) is 14.7. The third-order valence-corrected chi connectivity index (χ3v) is 6.08. The lowest BCUT2D eigenvalue weighted by Gasteiger charge is -2.11. The molecule has 4 aromatic rings. The Labute approximate surface area is 189 Å². The number of thioether (sulfide) groups is 1. The van der Waals surface area contributed by atoms with Gasteiger partial charge in [-0.1, -0.05) is 59.2 Å². The summed E-state index contributed by atoms with van der Waals surface area (Å²) in [6.45, 7) is 0. The van der Waals surface area contributed by atoms with Crippen LogP contribution in [0.4, 0.5) is 13.2 Å². The van der Waals surface area contributed by atoms with Crippen LogP contribution in [0.2, 0.25) is 10.0 Å². The molecule has 0 saturated carbocycles. The van der Waals surface area contributed by atoms with Gasteiger partial charge < -0.3 is 0 Å². The Morgan fingerprint density at radius 1 is 1.00 bits per heavy atom. The van der Waals surface area contributed by atoms with Crippen LogP contribution >= 0.6 is 35.0 Å². The number of para-hydroxylation sites is 1. The smallest absolute Gasteiger partial charge is 0.274 e. The van der Waals surface area contributed by atoms with Crippen molar-refractivity contribution < 1.29 is 13.2 Å². The zero-order chi connectivity index (χ0) is 22.2. The van der Waals surface area contributed by atoms with E-state index in [4.69, 9.17) is 23.2 Å². The maximum absolute atomic E-state index is 13.6. The van der Waals surface area contributed by atoms with E-state index < -0.39 is 11.9 Å². The molecule has 0 aliphatic carbocycles. The van der Waals surface area contributed by atoms with Crippen LogP contribution in [0.5, 0.6) is 0 Å². The third-order valence-electron chi connectivity index (χ3n) is 4.34. The van der Waals surface area contributed by atoms with Crippen molar-refractivity contribution in [3.05, 3.63) is 76.0 Å². The number of halogens is 5. The molecule has 0 saturated heterocycles. The molecule has 0 unspecified atom stereocenters. The van der Waals surface area contributed by atoms with Gasteiger partial charge in [0, 0.05) is 24.7 Å². The van der Waals surface area contributed by atoms with Crippen molar-refractivity contribution in [3.63, 3.8) is 0 Å². The van der Waals surface area contributed by atoms with Crippen molar-refractivity contribution in [2.45, 2.75) is 17.1 Å². The molecule has 0 amide bonds. The number of benzene rings is 2. The Kier molecular flexibility index (Phi) is 6.00. The highest BCUT2D eigenvalue weighted by molar-refractivity contribution is 7.98. The van der Waals surface area contributed by atoms with Crippen LogP contribution < -0.4 is 0 Å². The van der Waals surface area contributed by atoms with E-state index in [1.807, 2.05) is 12.1 Å². The number of hydrogen-bond acceptors (Lipinski definition) is 4. The van der Waals surface area contributed by atoms with Crippen LogP contribution in [0.1, 0.15) is 11.3 Å². The van der Waals surface area contributed by atoms with Gasteiger partial charge in [0.05, 0.1) is 15.6 Å². The van der Waals surface area contributed by atoms with Gasteiger partial charge in [-0.2, -0.15) is 18.3 Å². The summed E-state index contributed by atoms with van der Waals surface area (Å²) in [6, 6.07) is 14.2. The van der Waals surface area contributed by atoms with Gasteiger partial charge in [0.1, 0.15) is 0 Å². The van der Waals surface area contributed by atoms with Crippen molar-refractivity contribution in [2.24, 2.45) is 7.05 Å². The van der Waals surface area contributed by atoms with Gasteiger partial charge in [-0.3, -0.25) is 9.25 Å². The van der Waals surface area contributed by atoms with Gasteiger partial charge in [-0.05, 0) is 29.8 Å². The third kappa shape index (κ3) is 4.58. The van der Waals surface area contributed by atoms with E-state index in [-0.39, 0.29) is 11.4 Å². The van der Waals surface area contributed by atoms with E-state index in [1.165, 1.54) is 25.0 Å². The van der Waals surface area contributed by atoms with E-state index in [1.54, 1.807) is 41.0 Å². The van der Waals surface area contributed by atoms with Gasteiger partial charge >= 0.3 is 6.18 Å². The fraction of sp³-hybridized carbons (Fsp3) is 0.150. The molecule has 2 heterocycles. The van der Waals surface area contributed by atoms with Gasteiger partial charge in [0.15, 0.2) is 16.7 Å². The van der Waals surface area contributed by atoms with Crippen LogP contribution in [0.3, 0.4) is 0 Å². The summed E-state index contributed by atoms with van der Waals surface area (Å²) in [4.78, 5) is 0. The number of nitrogens with zero attached hydrogens (tertiary/aromatic N) is 5. The van der Waals surface area contributed by atoms with Crippen LogP contribution in [0.15, 0.2) is 59.9 Å². The van der Waals surface area contributed by atoms with Crippen LogP contribution in [0.25, 0.3) is 17.1 Å². The second kappa shape index (κ2) is 8.57. The molecule has 5 nitrogen and oxygen atoms in total. The Bertz CT molecular complexity index is 1220. The second-order valence-electron chi connectivity index (χ2n) is 6.58. The highest BCUT2D eigenvalue weighted by Gasteiger charge is 2.39. The monoisotopic (exact) mass is 483 g/mol. The molecule has 0 fully saturated rings. The molecule has 0 atom stereocenters. The minimum atomic E-state index is -4.63. The maximum Gasteiger partial charge on any atom is 0.435 e. The molecule has 0 aliphatic heterocycles. The highest BCUT2D eigenvalue weighted by atomic mass is 35.5. The quantitative estimate of drug-likeness (QED) is 0.313. The van der Waals surface area contributed by atoms with Crippen molar-refractivity contribution >= 4 is 35.0 Å². The van der Waals surface area contributed by atoms with Crippen LogP contribution in [0, 0.1) is 0 Å². The number of aromatic nitrogens is 5. The average Bonchev–Trinajstić information content (AvgIpc) is 3.32. The lowest BCUT2D eigenvalue weighted by atomic mass is 10.2. The fourth-order valence-electron chi connectivity index (χ4n) is 2.99. The Morgan fingerprint density at radius 3 is 2.42 bits per heavy atom. The van der Waals surface area contributed by atoms with Crippen molar-refractivity contribution in [3.8, 4) is 17.1 Å². The zero-order valence-corrected chi connectivity index (χ0v) is 18.3. The molecule has 0 N–H and O–H groups in total. The maximum atomic E-state index is 13.6. The van der Waals surface area contributed by atoms with Crippen molar-refractivity contribution in [2.75, 3.05) is 0 Å². The molecule has 0 bridgehead atoms. The first-order valence-electron chi connectivity index (χ1n) is 8.93. The lowest BCUT2D eigenvalue weighted by molar-refractivity contribution is -0.141. The topological polar surface area (TPSA) is 48.5 Å². The first-order valence-corrected chi connectivity index (χ1v) is 10.7. The zero-order valence-electron chi connectivity index (χ0n) is 15.9. The Balaban J connectivity index is 1.78. The molecule has 160 valence electrons. The van der Waals surface area contributed by atoms with Crippen LogP contribution in [-0.4, -0.2) is 24.5 Å². The molecule has 0 spiro atoms. The predicted molar refractivity (Wildman–Crippen MR) is 115 cm³/mol. The van der Waals surface area contributed by atoms with E-state index in [0.717, 1.165) is 10.2 Å². The fourth-order valence-corrected chi connectivity index (χ4v) is 4.20. The molecule has 4 rings (SSSR count). The van der Waals surface area contributed by atoms with E-state index in [0.29, 0.717) is 26.6 Å². The molecule has 2 aromatic heterocycles. The second-order valence-corrected chi connectivity index (χ2v) is 8.33. The molecule has 0 radical (unpaired) electrons. The van der Waals surface area contributed by atoms with E-state index in [2.05, 4.69) is 15.3 Å². The van der Waals surface area contributed by atoms with E-state index in [9.17, 15) is 13.2 Å². The van der Waals surface area contributed by atoms with Crippen molar-refractivity contribution in [1.82, 2.24) is 24.5 Å². The minimum absolute atomic E-state index is 0.0586. The normalized spacial score (nSPS) is 11.8. The number of aryl methyl sites for hydroxylation is 1. The molecule has 0 aliphatic rings. The Morgan fingerprint density at radius 2 is 1.74 bits per heavy atom. The highest BCUT2D eigenvalue weighted by Crippen LogP contribution is 2.38. The summed E-state index contributed by atoms with van der Waals surface area (Å²) < 4.78 is 43.4. The van der Waals surface area contributed by atoms with Crippen LogP contribution in [-0.2, 0) is 19.0 Å². The largest absolute Gasteiger partial charge is 0.435 e. The summed E-state index contributed by atoms with van der Waals surface area (Å²) in [6.07, 6.45) is -3.34. The minimum Gasteiger partial charge on any atom is -0.274 e. The van der Waals surface area contributed by atoms with Gasteiger partial charge in [0.25, 0.3) is 0 Å². The SMILES string of the molecule is Cn1cc(-c2nnc(SCc3ccc(Cl)c(Cl)c3)n2-c2ccccc2)c(C(F)(F)F)n1. The standard InChI is InChI=1S/C20H14Cl2F3N5S/c1-29-10-14(17(28-29)20(23,24)25)18-26-27-19(30(18)13-5-3-2-4-6-13)31-11-12-7-8-15(21)16(22)9-12/h2-10H,11H2,1H3. The number of hydrogen-bond donors (Lipinski definition) is 0. The summed E-state index contributed by atoms with van der Waals surface area (Å²) in [5.41, 5.74) is 0.366.